The Bertz CT molecular complexity index is 748. The second-order valence-corrected chi connectivity index (χ2v) is 6.44. The molecule has 0 fully saturated rings. The first kappa shape index (κ1) is 13.6. The van der Waals surface area contributed by atoms with Crippen molar-refractivity contribution in [2.75, 3.05) is 0 Å². The van der Waals surface area contributed by atoms with Crippen LogP contribution in [0.3, 0.4) is 0 Å². The van der Waals surface area contributed by atoms with E-state index in [0.29, 0.717) is 11.8 Å². The monoisotopic (exact) mass is 286 g/mol. The van der Waals surface area contributed by atoms with Gasteiger partial charge in [-0.3, -0.25) is 0 Å². The third kappa shape index (κ3) is 2.14. The summed E-state index contributed by atoms with van der Waals surface area (Å²) >= 11 is 0. The number of rotatable bonds is 4. The first-order valence-corrected chi connectivity index (χ1v) is 8.45. The van der Waals surface area contributed by atoms with Gasteiger partial charge in [0, 0.05) is 11.8 Å². The summed E-state index contributed by atoms with van der Waals surface area (Å²) in [7, 11) is 0. The van der Waals surface area contributed by atoms with Crippen LogP contribution in [0.4, 0.5) is 0 Å². The Morgan fingerprint density at radius 2 is 1.59 bits per heavy atom. The van der Waals surface area contributed by atoms with Gasteiger partial charge in [-0.2, -0.15) is 0 Å². The molecule has 0 saturated carbocycles. The Morgan fingerprint density at radius 3 is 2.41 bits per heavy atom. The van der Waals surface area contributed by atoms with Crippen LogP contribution >= 0.6 is 0 Å². The molecule has 0 spiro atoms. The average Bonchev–Trinajstić information content (AvgIpc) is 3.13. The molecule has 110 valence electrons. The van der Waals surface area contributed by atoms with E-state index in [-0.39, 0.29) is 0 Å². The van der Waals surface area contributed by atoms with Crippen LogP contribution in [-0.4, -0.2) is 0 Å². The topological polar surface area (TPSA) is 0 Å². The number of allylic oxidation sites excluding steroid dienone is 2. The summed E-state index contributed by atoms with van der Waals surface area (Å²) in [5.74, 6) is 1.03. The van der Waals surface area contributed by atoms with Crippen molar-refractivity contribution in [3.05, 3.63) is 82.4 Å². The highest BCUT2D eigenvalue weighted by atomic mass is 14.4. The van der Waals surface area contributed by atoms with E-state index >= 15 is 0 Å². The molecule has 22 heavy (non-hydrogen) atoms. The van der Waals surface area contributed by atoms with Crippen molar-refractivity contribution in [3.63, 3.8) is 0 Å². The fraction of sp³-hybridized carbons (Fsp3) is 0.273. The predicted molar refractivity (Wildman–Crippen MR) is 94.9 cm³/mol. The zero-order valence-corrected chi connectivity index (χ0v) is 13.1. The molecule has 0 amide bonds. The lowest BCUT2D eigenvalue weighted by Crippen LogP contribution is -2.09. The summed E-state index contributed by atoms with van der Waals surface area (Å²) in [4.78, 5) is 0. The number of benzene rings is 2. The summed E-state index contributed by atoms with van der Waals surface area (Å²) in [5.41, 5.74) is 7.45. The van der Waals surface area contributed by atoms with E-state index in [0.717, 1.165) is 0 Å². The van der Waals surface area contributed by atoms with E-state index in [4.69, 9.17) is 0 Å². The van der Waals surface area contributed by atoms with Gasteiger partial charge in [-0.1, -0.05) is 85.7 Å². The number of hydrogen-bond donors (Lipinski definition) is 0. The molecule has 2 aliphatic carbocycles. The highest BCUT2D eigenvalue weighted by Gasteiger charge is 2.33. The van der Waals surface area contributed by atoms with Crippen molar-refractivity contribution in [1.82, 2.24) is 0 Å². The minimum Gasteiger partial charge on any atom is -0.0754 e. The van der Waals surface area contributed by atoms with Crippen LogP contribution in [0.15, 0.2) is 60.2 Å². The quantitative estimate of drug-likeness (QED) is 0.630. The van der Waals surface area contributed by atoms with Gasteiger partial charge in [-0.25, -0.2) is 0 Å². The molecule has 0 bridgehead atoms. The Labute approximate surface area is 133 Å². The van der Waals surface area contributed by atoms with E-state index in [9.17, 15) is 0 Å². The molecular weight excluding hydrogens is 264 g/mol. The number of fused-ring (bicyclic) bond motifs is 2. The Morgan fingerprint density at radius 1 is 0.864 bits per heavy atom. The highest BCUT2D eigenvalue weighted by Crippen LogP contribution is 2.50. The van der Waals surface area contributed by atoms with Gasteiger partial charge in [0.15, 0.2) is 0 Å². The van der Waals surface area contributed by atoms with E-state index in [1.54, 1.807) is 5.57 Å². The van der Waals surface area contributed by atoms with E-state index in [1.807, 2.05) is 0 Å². The molecule has 4 rings (SSSR count). The van der Waals surface area contributed by atoms with Gasteiger partial charge < -0.3 is 0 Å². The van der Waals surface area contributed by atoms with Crippen LogP contribution in [-0.2, 0) is 0 Å². The Kier molecular flexibility index (Phi) is 3.46. The summed E-state index contributed by atoms with van der Waals surface area (Å²) in [6, 6.07) is 17.8. The summed E-state index contributed by atoms with van der Waals surface area (Å²) in [5, 5.41) is 0. The largest absolute Gasteiger partial charge is 0.0754 e. The second-order valence-electron chi connectivity index (χ2n) is 6.44. The zero-order valence-electron chi connectivity index (χ0n) is 13.1. The van der Waals surface area contributed by atoms with Gasteiger partial charge >= 0.3 is 0 Å². The van der Waals surface area contributed by atoms with Crippen LogP contribution in [0.2, 0.25) is 0 Å². The fourth-order valence-electron chi connectivity index (χ4n) is 4.02. The molecule has 0 aliphatic heterocycles. The average molecular weight is 286 g/mol. The van der Waals surface area contributed by atoms with Gasteiger partial charge in [-0.15, -0.1) is 0 Å². The molecule has 2 unspecified atom stereocenters. The maximum Gasteiger partial charge on any atom is 0.0161 e. The van der Waals surface area contributed by atoms with Crippen LogP contribution in [0.5, 0.6) is 0 Å². The standard InChI is InChI=1S/C22H22/c1-2-3-8-18-15-17-10-5-7-12-20(17)22(18)21-14-13-16-9-4-6-11-19(16)21/h4-7,9-15,21-22H,2-3,8H2,1H3. The van der Waals surface area contributed by atoms with Gasteiger partial charge in [0.2, 0.25) is 0 Å². The third-order valence-corrected chi connectivity index (χ3v) is 5.09. The lowest BCUT2D eigenvalue weighted by atomic mass is 9.79. The summed E-state index contributed by atoms with van der Waals surface area (Å²) < 4.78 is 0. The highest BCUT2D eigenvalue weighted by molar-refractivity contribution is 5.71. The van der Waals surface area contributed by atoms with Crippen LogP contribution < -0.4 is 0 Å². The molecule has 2 aromatic carbocycles. The second kappa shape index (κ2) is 5.61. The molecular formula is C22H22. The van der Waals surface area contributed by atoms with Crippen molar-refractivity contribution >= 4 is 12.2 Å². The van der Waals surface area contributed by atoms with E-state index < -0.39 is 0 Å². The fourth-order valence-corrected chi connectivity index (χ4v) is 4.02. The number of unbranched alkanes of at least 4 members (excludes halogenated alkanes) is 1. The van der Waals surface area contributed by atoms with Gasteiger partial charge in [-0.05, 0) is 35.1 Å². The molecule has 0 heterocycles. The van der Waals surface area contributed by atoms with Crippen molar-refractivity contribution < 1.29 is 0 Å². The van der Waals surface area contributed by atoms with Crippen molar-refractivity contribution in [3.8, 4) is 0 Å². The zero-order chi connectivity index (χ0) is 14.9. The van der Waals surface area contributed by atoms with Crippen LogP contribution in [0.1, 0.15) is 60.3 Å². The Balaban J connectivity index is 1.76. The first-order valence-electron chi connectivity index (χ1n) is 8.45. The van der Waals surface area contributed by atoms with Crippen LogP contribution in [0.25, 0.3) is 12.2 Å². The summed E-state index contributed by atoms with van der Waals surface area (Å²) in [6.45, 7) is 2.28. The predicted octanol–water partition coefficient (Wildman–Crippen LogP) is 6.17. The minimum atomic E-state index is 0.503. The van der Waals surface area contributed by atoms with Crippen molar-refractivity contribution in [1.29, 1.82) is 0 Å². The molecule has 2 aromatic rings. The van der Waals surface area contributed by atoms with E-state index in [1.165, 1.54) is 41.5 Å². The first-order chi connectivity index (χ1) is 10.9. The normalized spacial score (nSPS) is 21.6. The number of hydrogen-bond acceptors (Lipinski definition) is 0. The molecule has 0 N–H and O–H groups in total. The molecule has 0 aromatic heterocycles. The lowest BCUT2D eigenvalue weighted by Gasteiger charge is -2.24. The Hall–Kier alpha value is -2.08. The molecule has 0 nitrogen and oxygen atoms in total. The maximum atomic E-state index is 2.45. The smallest absolute Gasteiger partial charge is 0.0161 e. The molecule has 0 saturated heterocycles. The van der Waals surface area contributed by atoms with Crippen LogP contribution in [0, 0.1) is 0 Å². The van der Waals surface area contributed by atoms with Gasteiger partial charge in [0.25, 0.3) is 0 Å². The van der Waals surface area contributed by atoms with Crippen molar-refractivity contribution in [2.24, 2.45) is 0 Å². The SMILES string of the molecule is CCCCC1=Cc2ccccc2C1C1C=Cc2ccccc21. The molecule has 0 radical (unpaired) electrons. The van der Waals surface area contributed by atoms with Gasteiger partial charge in [0.1, 0.15) is 0 Å². The summed E-state index contributed by atoms with van der Waals surface area (Å²) in [6.07, 6.45) is 10.9. The molecule has 0 heteroatoms. The lowest BCUT2D eigenvalue weighted by molar-refractivity contribution is 0.665. The maximum absolute atomic E-state index is 2.45. The van der Waals surface area contributed by atoms with Gasteiger partial charge in [0.05, 0.1) is 0 Å². The van der Waals surface area contributed by atoms with E-state index in [2.05, 4.69) is 73.7 Å². The molecule has 2 atom stereocenters. The minimum absolute atomic E-state index is 0.503. The third-order valence-electron chi connectivity index (χ3n) is 5.09. The molecule has 2 aliphatic rings. The van der Waals surface area contributed by atoms with Crippen molar-refractivity contribution in [2.45, 2.75) is 38.0 Å².